The minimum atomic E-state index is -3.36. The van der Waals surface area contributed by atoms with E-state index < -0.39 is 21.7 Å². The highest BCUT2D eigenvalue weighted by Crippen LogP contribution is 2.26. The van der Waals surface area contributed by atoms with Gasteiger partial charge in [-0.3, -0.25) is 4.79 Å². The fourth-order valence-electron chi connectivity index (χ4n) is 2.95. The zero-order chi connectivity index (χ0) is 20.1. The molecule has 0 N–H and O–H groups in total. The molecule has 1 aliphatic rings. The van der Waals surface area contributed by atoms with Crippen LogP contribution in [0.25, 0.3) is 0 Å². The molecule has 28 heavy (non-hydrogen) atoms. The van der Waals surface area contributed by atoms with Crippen LogP contribution in [0.15, 0.2) is 60.0 Å². The quantitative estimate of drug-likeness (QED) is 0.657. The number of rotatable bonds is 7. The van der Waals surface area contributed by atoms with E-state index in [9.17, 15) is 17.6 Å². The second kappa shape index (κ2) is 8.56. The maximum atomic E-state index is 13.3. The Labute approximate surface area is 164 Å². The van der Waals surface area contributed by atoms with Gasteiger partial charge in [0.15, 0.2) is 9.84 Å². The van der Waals surface area contributed by atoms with Crippen molar-refractivity contribution in [3.05, 3.63) is 71.4 Å². The summed E-state index contributed by atoms with van der Waals surface area (Å²) >= 11 is 0. The number of hydrogen-bond acceptors (Lipinski definition) is 4. The number of nitrogens with zero attached hydrogens (tertiary/aromatic N) is 1. The summed E-state index contributed by atoms with van der Waals surface area (Å²) in [6.07, 6.45) is 3.46. The van der Waals surface area contributed by atoms with Crippen molar-refractivity contribution in [3.63, 3.8) is 0 Å². The van der Waals surface area contributed by atoms with Crippen LogP contribution < -0.4 is 9.64 Å². The molecule has 7 heteroatoms. The molecule has 5 nitrogen and oxygen atoms in total. The molecular formula is C21H22FNO4S. The van der Waals surface area contributed by atoms with Crippen LogP contribution in [0, 0.1) is 5.82 Å². The molecule has 2 aromatic carbocycles. The van der Waals surface area contributed by atoms with E-state index in [4.69, 9.17) is 4.74 Å². The number of sulfone groups is 1. The van der Waals surface area contributed by atoms with Crippen LogP contribution in [-0.4, -0.2) is 32.7 Å². The number of ether oxygens (including phenoxy) is 1. The van der Waals surface area contributed by atoms with Crippen LogP contribution in [0.3, 0.4) is 0 Å². The van der Waals surface area contributed by atoms with Crippen molar-refractivity contribution in [2.24, 2.45) is 0 Å². The van der Waals surface area contributed by atoms with Gasteiger partial charge in [-0.25, -0.2) is 12.8 Å². The average molecular weight is 403 g/mol. The zero-order valence-corrected chi connectivity index (χ0v) is 16.4. The van der Waals surface area contributed by atoms with E-state index in [1.165, 1.54) is 35.2 Å². The molecule has 3 rings (SSSR count). The molecule has 1 atom stereocenters. The second-order valence-electron chi connectivity index (χ2n) is 6.60. The Hall–Kier alpha value is -2.67. The Balaban J connectivity index is 1.86. The van der Waals surface area contributed by atoms with Crippen molar-refractivity contribution < 1.29 is 22.3 Å². The second-order valence-corrected chi connectivity index (χ2v) is 8.53. The standard InChI is InChI=1S/C21H22FNO4S/c1-2-3-13-27-20-10-4-16(5-11-20)21(24)23(18-8-6-17(22)7-9-18)19-12-14-28(25,26)15-19/h4-12,14,19H,2-3,13,15H2,1H3/t19-/m0/s1. The van der Waals surface area contributed by atoms with E-state index in [-0.39, 0.29) is 11.7 Å². The van der Waals surface area contributed by atoms with Crippen molar-refractivity contribution in [3.8, 4) is 5.75 Å². The number of benzene rings is 2. The lowest BCUT2D eigenvalue weighted by atomic mass is 10.1. The van der Waals surface area contributed by atoms with Crippen molar-refractivity contribution in [2.45, 2.75) is 25.8 Å². The number of carbonyl (C=O) groups excluding carboxylic acids is 1. The van der Waals surface area contributed by atoms with Crippen LogP contribution in [0.4, 0.5) is 10.1 Å². The van der Waals surface area contributed by atoms with E-state index in [0.717, 1.165) is 18.2 Å². The van der Waals surface area contributed by atoms with Crippen molar-refractivity contribution >= 4 is 21.4 Å². The van der Waals surface area contributed by atoms with Gasteiger partial charge in [-0.15, -0.1) is 0 Å². The molecule has 0 bridgehead atoms. The minimum absolute atomic E-state index is 0.200. The zero-order valence-electron chi connectivity index (χ0n) is 15.5. The SMILES string of the molecule is CCCCOc1ccc(C(=O)N(c2ccc(F)cc2)[C@H]2C=CS(=O)(=O)C2)cc1. The summed E-state index contributed by atoms with van der Waals surface area (Å²) in [4.78, 5) is 14.5. The molecule has 1 heterocycles. The first-order valence-corrected chi connectivity index (χ1v) is 10.8. The molecule has 1 amide bonds. The molecule has 1 aliphatic heterocycles. The van der Waals surface area contributed by atoms with E-state index in [0.29, 0.717) is 23.6 Å². The Morgan fingerprint density at radius 2 is 1.82 bits per heavy atom. The lowest BCUT2D eigenvalue weighted by molar-refractivity contribution is 0.0983. The minimum Gasteiger partial charge on any atom is -0.494 e. The van der Waals surface area contributed by atoms with Gasteiger partial charge >= 0.3 is 0 Å². The van der Waals surface area contributed by atoms with Gasteiger partial charge in [0.2, 0.25) is 0 Å². The van der Waals surface area contributed by atoms with Crippen molar-refractivity contribution in [1.29, 1.82) is 0 Å². The average Bonchev–Trinajstić information content (AvgIpc) is 3.03. The van der Waals surface area contributed by atoms with Crippen LogP contribution >= 0.6 is 0 Å². The monoisotopic (exact) mass is 403 g/mol. The van der Waals surface area contributed by atoms with Gasteiger partial charge in [0, 0.05) is 16.7 Å². The first-order chi connectivity index (χ1) is 13.4. The highest BCUT2D eigenvalue weighted by molar-refractivity contribution is 7.94. The molecule has 0 fully saturated rings. The molecule has 0 aliphatic carbocycles. The third-order valence-electron chi connectivity index (χ3n) is 4.43. The van der Waals surface area contributed by atoms with Crippen LogP contribution in [0.5, 0.6) is 5.75 Å². The molecule has 0 saturated heterocycles. The summed E-state index contributed by atoms with van der Waals surface area (Å²) < 4.78 is 42.6. The summed E-state index contributed by atoms with van der Waals surface area (Å²) in [7, 11) is -3.36. The van der Waals surface area contributed by atoms with E-state index in [1.54, 1.807) is 24.3 Å². The van der Waals surface area contributed by atoms with Gasteiger partial charge in [0.25, 0.3) is 5.91 Å². The van der Waals surface area contributed by atoms with Gasteiger partial charge in [0.1, 0.15) is 11.6 Å². The van der Waals surface area contributed by atoms with Gasteiger partial charge < -0.3 is 9.64 Å². The molecule has 0 aromatic heterocycles. The third-order valence-corrected chi connectivity index (χ3v) is 5.81. The number of hydrogen-bond donors (Lipinski definition) is 0. The van der Waals surface area contributed by atoms with Crippen LogP contribution in [0.2, 0.25) is 0 Å². The van der Waals surface area contributed by atoms with Crippen molar-refractivity contribution in [2.75, 3.05) is 17.3 Å². The number of halogens is 1. The van der Waals surface area contributed by atoms with Gasteiger partial charge in [-0.05, 0) is 61.0 Å². The van der Waals surface area contributed by atoms with Crippen LogP contribution in [0.1, 0.15) is 30.1 Å². The number of carbonyl (C=O) groups is 1. The number of anilines is 1. The Bertz CT molecular complexity index is 953. The summed E-state index contributed by atoms with van der Waals surface area (Å²) in [5, 5.41) is 1.12. The predicted molar refractivity (Wildman–Crippen MR) is 107 cm³/mol. The third kappa shape index (κ3) is 4.78. The Morgan fingerprint density at radius 3 is 2.39 bits per heavy atom. The first kappa shape index (κ1) is 20.1. The largest absolute Gasteiger partial charge is 0.494 e. The molecule has 0 unspecified atom stereocenters. The first-order valence-electron chi connectivity index (χ1n) is 9.12. The maximum absolute atomic E-state index is 13.3. The van der Waals surface area contributed by atoms with Gasteiger partial charge in [-0.2, -0.15) is 0 Å². The summed E-state index contributed by atoms with van der Waals surface area (Å²) in [6, 6.07) is 11.5. The van der Waals surface area contributed by atoms with Crippen LogP contribution in [-0.2, 0) is 9.84 Å². The molecule has 0 radical (unpaired) electrons. The molecular weight excluding hydrogens is 381 g/mol. The lowest BCUT2D eigenvalue weighted by Gasteiger charge is -2.28. The fraction of sp³-hybridized carbons (Fsp3) is 0.286. The number of amides is 1. The Kier molecular flexibility index (Phi) is 6.14. The van der Waals surface area contributed by atoms with E-state index >= 15 is 0 Å². The normalized spacial score (nSPS) is 17.4. The topological polar surface area (TPSA) is 63.7 Å². The predicted octanol–water partition coefficient (Wildman–Crippen LogP) is 3.96. The van der Waals surface area contributed by atoms with Crippen molar-refractivity contribution in [1.82, 2.24) is 0 Å². The molecule has 0 spiro atoms. The highest BCUT2D eigenvalue weighted by atomic mass is 32.2. The lowest BCUT2D eigenvalue weighted by Crippen LogP contribution is -2.41. The molecule has 0 saturated carbocycles. The summed E-state index contributed by atoms with van der Waals surface area (Å²) in [5.41, 5.74) is 0.825. The molecule has 2 aromatic rings. The maximum Gasteiger partial charge on any atom is 0.258 e. The van der Waals surface area contributed by atoms with Gasteiger partial charge in [-0.1, -0.05) is 13.3 Å². The summed E-state index contributed by atoms with van der Waals surface area (Å²) in [5.74, 6) is -0.326. The highest BCUT2D eigenvalue weighted by Gasteiger charge is 2.32. The smallest absolute Gasteiger partial charge is 0.258 e. The van der Waals surface area contributed by atoms with E-state index in [1.807, 2.05) is 0 Å². The van der Waals surface area contributed by atoms with Gasteiger partial charge in [0.05, 0.1) is 18.4 Å². The van der Waals surface area contributed by atoms with E-state index in [2.05, 4.69) is 6.92 Å². The molecule has 148 valence electrons. The fourth-order valence-corrected chi connectivity index (χ4v) is 4.22. The number of unbranched alkanes of at least 4 members (excludes halogenated alkanes) is 1. The Morgan fingerprint density at radius 1 is 1.14 bits per heavy atom. The summed E-state index contributed by atoms with van der Waals surface area (Å²) in [6.45, 7) is 2.68.